The van der Waals surface area contributed by atoms with Crippen molar-refractivity contribution in [3.05, 3.63) is 59.1 Å². The Labute approximate surface area is 133 Å². The molecule has 1 N–H and O–H groups in total. The minimum atomic E-state index is -3.57. The van der Waals surface area contributed by atoms with Crippen LogP contribution in [0.2, 0.25) is 5.02 Å². The van der Waals surface area contributed by atoms with Crippen LogP contribution in [0, 0.1) is 0 Å². The number of rotatable bonds is 3. The third kappa shape index (κ3) is 3.26. The molecule has 0 unspecified atom stereocenters. The lowest BCUT2D eigenvalue weighted by molar-refractivity contribution is 0.546. The van der Waals surface area contributed by atoms with Gasteiger partial charge >= 0.3 is 0 Å². The van der Waals surface area contributed by atoms with Crippen LogP contribution in [0.25, 0.3) is 0 Å². The van der Waals surface area contributed by atoms with Crippen molar-refractivity contribution >= 4 is 33.4 Å². The second kappa shape index (κ2) is 6.01. The van der Waals surface area contributed by atoms with Gasteiger partial charge in [-0.05, 0) is 42.0 Å². The van der Waals surface area contributed by atoms with Crippen LogP contribution in [0.15, 0.2) is 58.3 Å². The summed E-state index contributed by atoms with van der Waals surface area (Å²) < 4.78 is 27.8. The second-order valence-corrected chi connectivity index (χ2v) is 8.09. The summed E-state index contributed by atoms with van der Waals surface area (Å²) in [6, 6.07) is 14.0. The predicted octanol–water partition coefficient (Wildman–Crippen LogP) is 3.86. The van der Waals surface area contributed by atoms with E-state index in [1.165, 1.54) is 6.07 Å². The third-order valence-electron chi connectivity index (χ3n) is 3.36. The van der Waals surface area contributed by atoms with E-state index >= 15 is 0 Å². The van der Waals surface area contributed by atoms with Gasteiger partial charge in [0.1, 0.15) is 0 Å². The number of hydrogen-bond donors (Lipinski definition) is 1. The summed E-state index contributed by atoms with van der Waals surface area (Å²) in [7, 11) is -3.57. The van der Waals surface area contributed by atoms with Crippen LogP contribution >= 0.6 is 23.4 Å². The molecule has 0 radical (unpaired) electrons. The Kier molecular flexibility index (Phi) is 4.26. The molecular formula is C15H14ClNO2S2. The van der Waals surface area contributed by atoms with E-state index in [4.69, 9.17) is 11.6 Å². The van der Waals surface area contributed by atoms with Crippen LogP contribution in [0.1, 0.15) is 18.0 Å². The van der Waals surface area contributed by atoms with Gasteiger partial charge in [-0.15, -0.1) is 11.8 Å². The van der Waals surface area contributed by atoms with Crippen molar-refractivity contribution in [2.24, 2.45) is 0 Å². The molecule has 3 rings (SSSR count). The van der Waals surface area contributed by atoms with Crippen molar-refractivity contribution in [2.75, 3.05) is 5.75 Å². The first-order valence-corrected chi connectivity index (χ1v) is 9.40. The molecule has 1 aliphatic rings. The highest BCUT2D eigenvalue weighted by Gasteiger charge is 2.25. The molecule has 1 atom stereocenters. The fourth-order valence-corrected chi connectivity index (χ4v) is 5.03. The fraction of sp³-hybridized carbons (Fsp3) is 0.200. The van der Waals surface area contributed by atoms with Crippen LogP contribution in [-0.4, -0.2) is 14.2 Å². The van der Waals surface area contributed by atoms with Crippen molar-refractivity contribution in [3.8, 4) is 0 Å². The van der Waals surface area contributed by atoms with Gasteiger partial charge in [0.2, 0.25) is 10.0 Å². The smallest absolute Gasteiger partial charge is 0.207 e. The quantitative estimate of drug-likeness (QED) is 0.923. The number of fused-ring (bicyclic) bond motifs is 1. The molecule has 0 bridgehead atoms. The zero-order valence-corrected chi connectivity index (χ0v) is 13.5. The predicted molar refractivity (Wildman–Crippen MR) is 86.3 cm³/mol. The van der Waals surface area contributed by atoms with Crippen molar-refractivity contribution in [2.45, 2.75) is 22.3 Å². The molecule has 1 aliphatic heterocycles. The molecule has 0 saturated heterocycles. The Bertz CT molecular complexity index is 762. The number of benzene rings is 2. The monoisotopic (exact) mass is 339 g/mol. The lowest BCUT2D eigenvalue weighted by atomic mass is 10.1. The molecule has 0 aromatic heterocycles. The highest BCUT2D eigenvalue weighted by Crippen LogP contribution is 2.36. The summed E-state index contributed by atoms with van der Waals surface area (Å²) in [6.07, 6.45) is 0.779. The standard InChI is InChI=1S/C15H14ClNO2S2/c16-11-4-3-5-12(10-11)21(18,19)17-14-8-9-20-15-7-2-1-6-13(14)15/h1-7,10,14,17H,8-9H2/t14-/m0/s1. The molecule has 0 saturated carbocycles. The number of sulfonamides is 1. The summed E-state index contributed by atoms with van der Waals surface area (Å²) in [5.41, 5.74) is 1.04. The van der Waals surface area contributed by atoms with E-state index in [1.807, 2.05) is 24.3 Å². The molecule has 21 heavy (non-hydrogen) atoms. The first-order chi connectivity index (χ1) is 10.1. The maximum absolute atomic E-state index is 12.5. The van der Waals surface area contributed by atoms with E-state index in [-0.39, 0.29) is 10.9 Å². The molecule has 2 aromatic rings. The Hall–Kier alpha value is -1.01. The van der Waals surface area contributed by atoms with Gasteiger partial charge in [-0.3, -0.25) is 0 Å². The summed E-state index contributed by atoms with van der Waals surface area (Å²) >= 11 is 7.64. The Morgan fingerprint density at radius 1 is 1.14 bits per heavy atom. The molecule has 2 aromatic carbocycles. The van der Waals surface area contributed by atoms with Crippen molar-refractivity contribution < 1.29 is 8.42 Å². The van der Waals surface area contributed by atoms with Crippen LogP contribution < -0.4 is 4.72 Å². The van der Waals surface area contributed by atoms with Gasteiger partial charge in [0, 0.05) is 16.0 Å². The highest BCUT2D eigenvalue weighted by atomic mass is 35.5. The van der Waals surface area contributed by atoms with E-state index < -0.39 is 10.0 Å². The third-order valence-corrected chi connectivity index (χ3v) is 6.19. The minimum Gasteiger partial charge on any atom is -0.207 e. The van der Waals surface area contributed by atoms with Gasteiger partial charge in [0.05, 0.1) is 4.90 Å². The minimum absolute atomic E-state index is 0.188. The maximum Gasteiger partial charge on any atom is 0.241 e. The van der Waals surface area contributed by atoms with E-state index in [0.717, 1.165) is 22.6 Å². The zero-order valence-electron chi connectivity index (χ0n) is 11.1. The lowest BCUT2D eigenvalue weighted by Gasteiger charge is -2.25. The Morgan fingerprint density at radius 2 is 1.95 bits per heavy atom. The second-order valence-electron chi connectivity index (χ2n) is 4.81. The van der Waals surface area contributed by atoms with E-state index in [0.29, 0.717) is 5.02 Å². The molecule has 1 heterocycles. The Morgan fingerprint density at radius 3 is 2.76 bits per heavy atom. The van der Waals surface area contributed by atoms with E-state index in [2.05, 4.69) is 4.72 Å². The van der Waals surface area contributed by atoms with Crippen LogP contribution in [0.4, 0.5) is 0 Å². The van der Waals surface area contributed by atoms with Crippen molar-refractivity contribution in [3.63, 3.8) is 0 Å². The molecule has 0 fully saturated rings. The summed E-state index contributed by atoms with van der Waals surface area (Å²) in [6.45, 7) is 0. The van der Waals surface area contributed by atoms with Crippen molar-refractivity contribution in [1.29, 1.82) is 0 Å². The largest absolute Gasteiger partial charge is 0.241 e. The summed E-state index contributed by atoms with van der Waals surface area (Å²) in [5.74, 6) is 0.903. The first-order valence-electron chi connectivity index (χ1n) is 6.56. The summed E-state index contributed by atoms with van der Waals surface area (Å²) in [5, 5.41) is 0.414. The first kappa shape index (κ1) is 14.9. The van der Waals surface area contributed by atoms with Crippen LogP contribution in [0.5, 0.6) is 0 Å². The zero-order chi connectivity index (χ0) is 14.9. The van der Waals surface area contributed by atoms with Gasteiger partial charge in [-0.25, -0.2) is 13.1 Å². The number of thioether (sulfide) groups is 1. The highest BCUT2D eigenvalue weighted by molar-refractivity contribution is 7.99. The van der Waals surface area contributed by atoms with E-state index in [1.54, 1.807) is 30.0 Å². The normalized spacial score (nSPS) is 18.2. The Balaban J connectivity index is 1.90. The van der Waals surface area contributed by atoms with Crippen molar-refractivity contribution in [1.82, 2.24) is 4.72 Å². The van der Waals surface area contributed by atoms with Crippen LogP contribution in [0.3, 0.4) is 0 Å². The molecule has 0 amide bonds. The van der Waals surface area contributed by atoms with Gasteiger partial charge in [0.25, 0.3) is 0 Å². The SMILES string of the molecule is O=S(=O)(N[C@H]1CCSc2ccccc21)c1cccc(Cl)c1. The molecule has 6 heteroatoms. The fourth-order valence-electron chi connectivity index (χ4n) is 2.35. The molecular weight excluding hydrogens is 326 g/mol. The molecule has 3 nitrogen and oxygen atoms in total. The van der Waals surface area contributed by atoms with Gasteiger partial charge in [0.15, 0.2) is 0 Å². The number of halogens is 1. The van der Waals surface area contributed by atoms with Crippen LogP contribution in [-0.2, 0) is 10.0 Å². The topological polar surface area (TPSA) is 46.2 Å². The average molecular weight is 340 g/mol. The molecule has 0 spiro atoms. The molecule has 110 valence electrons. The van der Waals surface area contributed by atoms with Gasteiger partial charge in [-0.2, -0.15) is 0 Å². The maximum atomic E-state index is 12.5. The average Bonchev–Trinajstić information content (AvgIpc) is 2.47. The number of hydrogen-bond acceptors (Lipinski definition) is 3. The van der Waals surface area contributed by atoms with Gasteiger partial charge in [-0.1, -0.05) is 35.9 Å². The van der Waals surface area contributed by atoms with Gasteiger partial charge < -0.3 is 0 Å². The lowest BCUT2D eigenvalue weighted by Crippen LogP contribution is -2.30. The molecule has 0 aliphatic carbocycles. The van der Waals surface area contributed by atoms with E-state index in [9.17, 15) is 8.42 Å². The number of nitrogens with one attached hydrogen (secondary N) is 1. The summed E-state index contributed by atoms with van der Waals surface area (Å²) in [4.78, 5) is 1.34.